The van der Waals surface area contributed by atoms with Gasteiger partial charge in [-0.25, -0.2) is 14.6 Å². The summed E-state index contributed by atoms with van der Waals surface area (Å²) < 4.78 is 0. The number of nitrogens with zero attached hydrogens (tertiary/aromatic N) is 2. The number of carboxylic acid groups (broad SMARTS) is 1. The maximum atomic E-state index is 11.9. The molecule has 112 valence electrons. The van der Waals surface area contributed by atoms with Gasteiger partial charge in [-0.2, -0.15) is 0 Å². The fraction of sp³-hybridized carbons (Fsp3) is 0.364. The van der Waals surface area contributed by atoms with Crippen molar-refractivity contribution in [2.75, 3.05) is 13.1 Å². The van der Waals surface area contributed by atoms with Crippen LogP contribution >= 0.6 is 0 Å². The third-order valence-electron chi connectivity index (χ3n) is 2.81. The highest BCUT2D eigenvalue weighted by Crippen LogP contribution is 2.02. The number of hydrogen-bond donors (Lipinski definition) is 4. The lowest BCUT2D eigenvalue weighted by Crippen LogP contribution is -2.58. The minimum absolute atomic E-state index is 0.00898. The molecular weight excluding hydrogens is 282 g/mol. The highest BCUT2D eigenvalue weighted by molar-refractivity contribution is 6.02. The van der Waals surface area contributed by atoms with E-state index in [1.165, 1.54) is 12.5 Å². The zero-order chi connectivity index (χ0) is 15.4. The van der Waals surface area contributed by atoms with Gasteiger partial charge in [0.05, 0.1) is 6.33 Å². The SMILES string of the molecule is O=C1CN(C(=O)N[C@H](Cc2cnc[nH]2)C(=O)O)CC(=O)N1. The van der Waals surface area contributed by atoms with E-state index in [1.807, 2.05) is 5.32 Å². The number of hydrogen-bond acceptors (Lipinski definition) is 5. The minimum atomic E-state index is -1.23. The molecule has 21 heavy (non-hydrogen) atoms. The molecule has 10 nitrogen and oxygen atoms in total. The number of aromatic nitrogens is 2. The van der Waals surface area contributed by atoms with Crippen molar-refractivity contribution in [2.45, 2.75) is 12.5 Å². The van der Waals surface area contributed by atoms with Crippen molar-refractivity contribution < 1.29 is 24.3 Å². The summed E-state index contributed by atoms with van der Waals surface area (Å²) in [7, 11) is 0. The Bertz CT molecular complexity index is 554. The van der Waals surface area contributed by atoms with Gasteiger partial charge in [-0.1, -0.05) is 0 Å². The molecule has 1 aliphatic rings. The van der Waals surface area contributed by atoms with Gasteiger partial charge in [-0.15, -0.1) is 0 Å². The first-order valence-electron chi connectivity index (χ1n) is 6.04. The average molecular weight is 295 g/mol. The van der Waals surface area contributed by atoms with Crippen molar-refractivity contribution in [1.29, 1.82) is 0 Å². The first-order chi connectivity index (χ1) is 9.95. The molecule has 10 heteroatoms. The Morgan fingerprint density at radius 3 is 2.57 bits per heavy atom. The molecule has 0 spiro atoms. The summed E-state index contributed by atoms with van der Waals surface area (Å²) >= 11 is 0. The highest BCUT2D eigenvalue weighted by atomic mass is 16.4. The number of carboxylic acids is 1. The van der Waals surface area contributed by atoms with Gasteiger partial charge in [0.1, 0.15) is 19.1 Å². The van der Waals surface area contributed by atoms with Crippen LogP contribution in [0.25, 0.3) is 0 Å². The molecule has 0 bridgehead atoms. The number of rotatable bonds is 4. The van der Waals surface area contributed by atoms with E-state index in [9.17, 15) is 19.2 Å². The minimum Gasteiger partial charge on any atom is -0.480 e. The Morgan fingerprint density at radius 2 is 2.05 bits per heavy atom. The third kappa shape index (κ3) is 3.78. The number of piperazine rings is 1. The lowest BCUT2D eigenvalue weighted by Gasteiger charge is -2.27. The van der Waals surface area contributed by atoms with E-state index < -0.39 is 29.9 Å². The van der Waals surface area contributed by atoms with Gasteiger partial charge in [0.15, 0.2) is 0 Å². The second-order valence-corrected chi connectivity index (χ2v) is 4.45. The molecule has 1 aliphatic heterocycles. The summed E-state index contributed by atoms with van der Waals surface area (Å²) in [4.78, 5) is 52.9. The molecule has 0 aromatic carbocycles. The third-order valence-corrected chi connectivity index (χ3v) is 2.81. The van der Waals surface area contributed by atoms with Gasteiger partial charge < -0.3 is 20.3 Å². The van der Waals surface area contributed by atoms with E-state index in [-0.39, 0.29) is 19.5 Å². The first kappa shape index (κ1) is 14.5. The lowest BCUT2D eigenvalue weighted by atomic mass is 10.1. The Hall–Kier alpha value is -2.91. The Morgan fingerprint density at radius 1 is 1.38 bits per heavy atom. The highest BCUT2D eigenvalue weighted by Gasteiger charge is 2.29. The van der Waals surface area contributed by atoms with Gasteiger partial charge in [0, 0.05) is 18.3 Å². The van der Waals surface area contributed by atoms with Crippen molar-refractivity contribution in [2.24, 2.45) is 0 Å². The van der Waals surface area contributed by atoms with Crippen LogP contribution in [-0.2, 0) is 20.8 Å². The molecule has 2 rings (SSSR count). The lowest BCUT2D eigenvalue weighted by molar-refractivity contribution is -0.139. The van der Waals surface area contributed by atoms with Gasteiger partial charge in [-0.3, -0.25) is 14.9 Å². The number of nitrogens with one attached hydrogen (secondary N) is 3. The maximum absolute atomic E-state index is 11.9. The van der Waals surface area contributed by atoms with Crippen LogP contribution in [-0.4, -0.2) is 62.9 Å². The van der Waals surface area contributed by atoms with E-state index >= 15 is 0 Å². The quantitative estimate of drug-likeness (QED) is 0.476. The summed E-state index contributed by atoms with van der Waals surface area (Å²) in [5, 5.41) is 13.4. The zero-order valence-electron chi connectivity index (χ0n) is 10.8. The molecule has 0 aliphatic carbocycles. The molecule has 0 unspecified atom stereocenters. The molecule has 1 fully saturated rings. The van der Waals surface area contributed by atoms with Crippen LogP contribution in [0.2, 0.25) is 0 Å². The van der Waals surface area contributed by atoms with E-state index in [2.05, 4.69) is 15.3 Å². The summed E-state index contributed by atoms with van der Waals surface area (Å²) in [5.74, 6) is -2.45. The van der Waals surface area contributed by atoms with Gasteiger partial charge in [-0.05, 0) is 0 Å². The zero-order valence-corrected chi connectivity index (χ0v) is 10.8. The second-order valence-electron chi connectivity index (χ2n) is 4.45. The van der Waals surface area contributed by atoms with Crippen LogP contribution in [0.3, 0.4) is 0 Å². The van der Waals surface area contributed by atoms with Crippen LogP contribution in [0.5, 0.6) is 0 Å². The molecule has 4 amide bonds. The molecule has 0 radical (unpaired) electrons. The van der Waals surface area contributed by atoms with Crippen LogP contribution in [0.15, 0.2) is 12.5 Å². The van der Waals surface area contributed by atoms with Crippen LogP contribution in [0.1, 0.15) is 5.69 Å². The first-order valence-corrected chi connectivity index (χ1v) is 6.04. The molecule has 0 saturated carbocycles. The van der Waals surface area contributed by atoms with Crippen LogP contribution in [0.4, 0.5) is 4.79 Å². The monoisotopic (exact) mass is 295 g/mol. The molecule has 4 N–H and O–H groups in total. The number of imidazole rings is 1. The molecular formula is C11H13N5O5. The molecule has 1 atom stereocenters. The fourth-order valence-electron chi connectivity index (χ4n) is 1.84. The Kier molecular flexibility index (Phi) is 4.16. The number of aliphatic carboxylic acids is 1. The van der Waals surface area contributed by atoms with Crippen LogP contribution < -0.4 is 10.6 Å². The number of carbonyl (C=O) groups excluding carboxylic acids is 3. The normalized spacial score (nSPS) is 16.3. The average Bonchev–Trinajstić information content (AvgIpc) is 2.89. The standard InChI is InChI=1S/C11H13N5O5/c17-8-3-16(4-9(18)15-8)11(21)14-7(10(19)20)1-6-2-12-5-13-6/h2,5,7H,1,3-4H2,(H,12,13)(H,14,21)(H,19,20)(H,15,17,18)/t7-/m1/s1. The molecule has 1 aromatic heterocycles. The topological polar surface area (TPSA) is 144 Å². The largest absolute Gasteiger partial charge is 0.480 e. The van der Waals surface area contributed by atoms with E-state index in [0.717, 1.165) is 4.90 Å². The van der Waals surface area contributed by atoms with Crippen LogP contribution in [0, 0.1) is 0 Å². The van der Waals surface area contributed by atoms with Gasteiger partial charge in [0.2, 0.25) is 11.8 Å². The summed E-state index contributed by atoms with van der Waals surface area (Å²) in [5.41, 5.74) is 0.537. The fourth-order valence-corrected chi connectivity index (χ4v) is 1.84. The van der Waals surface area contributed by atoms with Crippen molar-refractivity contribution >= 4 is 23.8 Å². The second kappa shape index (κ2) is 6.03. The number of aromatic amines is 1. The number of carbonyl (C=O) groups is 4. The summed E-state index contributed by atoms with van der Waals surface area (Å²) in [6.07, 6.45) is 2.85. The number of urea groups is 1. The van der Waals surface area contributed by atoms with Crippen molar-refractivity contribution in [1.82, 2.24) is 25.5 Å². The summed E-state index contributed by atoms with van der Waals surface area (Å²) in [6.45, 7) is -0.595. The maximum Gasteiger partial charge on any atom is 0.326 e. The number of H-pyrrole nitrogens is 1. The van der Waals surface area contributed by atoms with E-state index in [1.54, 1.807) is 0 Å². The van der Waals surface area contributed by atoms with Gasteiger partial charge in [0.25, 0.3) is 0 Å². The smallest absolute Gasteiger partial charge is 0.326 e. The Labute approximate surface area is 118 Å². The Balaban J connectivity index is 1.99. The number of imide groups is 1. The molecule has 1 saturated heterocycles. The molecule has 1 aromatic rings. The van der Waals surface area contributed by atoms with Crippen molar-refractivity contribution in [3.63, 3.8) is 0 Å². The molecule has 2 heterocycles. The van der Waals surface area contributed by atoms with E-state index in [0.29, 0.717) is 5.69 Å². The summed E-state index contributed by atoms with van der Waals surface area (Å²) in [6, 6.07) is -1.98. The van der Waals surface area contributed by atoms with Crippen molar-refractivity contribution in [3.05, 3.63) is 18.2 Å². The van der Waals surface area contributed by atoms with Crippen molar-refractivity contribution in [3.8, 4) is 0 Å². The predicted molar refractivity (Wildman–Crippen MR) is 67.0 cm³/mol. The van der Waals surface area contributed by atoms with E-state index in [4.69, 9.17) is 5.11 Å². The number of amides is 4. The predicted octanol–water partition coefficient (Wildman–Crippen LogP) is -1.93. The van der Waals surface area contributed by atoms with Gasteiger partial charge >= 0.3 is 12.0 Å².